The topological polar surface area (TPSA) is 127 Å². The first-order chi connectivity index (χ1) is 25.5. The van der Waals surface area contributed by atoms with Crippen LogP contribution in [0.5, 0.6) is 17.2 Å². The van der Waals surface area contributed by atoms with Crippen LogP contribution in [-0.2, 0) is 32.6 Å². The zero-order chi connectivity index (χ0) is 37.7. The zero-order valence-corrected chi connectivity index (χ0v) is 31.9. The molecule has 0 bridgehead atoms. The maximum Gasteiger partial charge on any atom is 0.246 e. The van der Waals surface area contributed by atoms with Gasteiger partial charge >= 0.3 is 0 Å². The third kappa shape index (κ3) is 8.67. The Labute approximate surface area is 312 Å². The Morgan fingerprint density at radius 2 is 1.57 bits per heavy atom. The monoisotopic (exact) mass is 742 g/mol. The molecule has 1 saturated heterocycles. The summed E-state index contributed by atoms with van der Waals surface area (Å²) in [5.41, 5.74) is 2.69. The van der Waals surface area contributed by atoms with Crippen molar-refractivity contribution in [2.24, 2.45) is 0 Å². The second-order valence-corrected chi connectivity index (χ2v) is 15.7. The minimum atomic E-state index is -4.06. The van der Waals surface area contributed by atoms with Gasteiger partial charge in [0.25, 0.3) is 0 Å². The maximum atomic E-state index is 14.4. The van der Waals surface area contributed by atoms with Gasteiger partial charge in [0.1, 0.15) is 5.75 Å². The number of fused-ring (bicyclic) bond motifs is 2. The number of carbonyl (C=O) groups excluding carboxylic acids is 2. The van der Waals surface area contributed by atoms with Crippen LogP contribution in [0, 0.1) is 0 Å². The Morgan fingerprint density at radius 1 is 0.887 bits per heavy atom. The molecule has 12 heteroatoms. The molecule has 0 saturated carbocycles. The molecule has 0 aliphatic carbocycles. The fourth-order valence-corrected chi connectivity index (χ4v) is 8.46. The van der Waals surface area contributed by atoms with Gasteiger partial charge in [-0.05, 0) is 111 Å². The van der Waals surface area contributed by atoms with Crippen LogP contribution in [0.1, 0.15) is 62.6 Å². The number of rotatable bonds is 14. The van der Waals surface area contributed by atoms with Gasteiger partial charge in [0.05, 0.1) is 24.0 Å². The molecule has 0 radical (unpaired) electrons. The lowest BCUT2D eigenvalue weighted by atomic mass is 9.95. The van der Waals surface area contributed by atoms with Crippen LogP contribution in [0.4, 0.5) is 0 Å². The minimum Gasteiger partial charge on any atom is -0.497 e. The number of hydrogen-bond donors (Lipinski definition) is 2. The number of ether oxygens (including phenoxy) is 3. The van der Waals surface area contributed by atoms with Crippen LogP contribution in [0.15, 0.2) is 83.8 Å². The first-order valence-corrected chi connectivity index (χ1v) is 19.8. The fraction of sp³-hybridized carbons (Fsp3) is 0.415. The number of likely N-dealkylation sites (N-methyl/N-ethyl adjacent to an activating group) is 2. The first-order valence-electron chi connectivity index (χ1n) is 18.3. The second kappa shape index (κ2) is 16.7. The molecule has 11 nitrogen and oxygen atoms in total. The van der Waals surface area contributed by atoms with Crippen molar-refractivity contribution >= 4 is 32.6 Å². The molecule has 2 heterocycles. The van der Waals surface area contributed by atoms with Gasteiger partial charge in [-0.15, -0.1) is 0 Å². The molecule has 53 heavy (non-hydrogen) atoms. The van der Waals surface area contributed by atoms with E-state index in [0.717, 1.165) is 22.9 Å². The predicted molar refractivity (Wildman–Crippen MR) is 205 cm³/mol. The summed E-state index contributed by atoms with van der Waals surface area (Å²) in [6, 6.07) is 24.0. The number of methoxy groups -OCH3 is 1. The highest BCUT2D eigenvalue weighted by atomic mass is 32.2. The van der Waals surface area contributed by atoms with E-state index >= 15 is 0 Å². The summed E-state index contributed by atoms with van der Waals surface area (Å²) in [5.74, 6) is -0.313. The molecule has 6 rings (SSSR count). The van der Waals surface area contributed by atoms with Crippen LogP contribution in [0.2, 0.25) is 0 Å². The summed E-state index contributed by atoms with van der Waals surface area (Å²) >= 11 is 0. The highest BCUT2D eigenvalue weighted by Gasteiger charge is 2.34. The summed E-state index contributed by atoms with van der Waals surface area (Å²) < 4.78 is 46.3. The van der Waals surface area contributed by atoms with Crippen molar-refractivity contribution in [2.45, 2.75) is 81.9 Å². The third-order valence-corrected chi connectivity index (χ3v) is 12.0. The maximum absolute atomic E-state index is 14.4. The average molecular weight is 743 g/mol. The van der Waals surface area contributed by atoms with E-state index in [0.29, 0.717) is 41.3 Å². The Morgan fingerprint density at radius 3 is 2.26 bits per heavy atom. The summed E-state index contributed by atoms with van der Waals surface area (Å²) in [7, 11) is -0.779. The number of imide groups is 1. The van der Waals surface area contributed by atoms with Crippen LogP contribution in [0.25, 0.3) is 10.8 Å². The minimum absolute atomic E-state index is 0.0404. The van der Waals surface area contributed by atoms with Gasteiger partial charge in [0.2, 0.25) is 28.6 Å². The van der Waals surface area contributed by atoms with E-state index in [9.17, 15) is 18.0 Å². The Bertz CT molecular complexity index is 2030. The number of nitrogens with zero attached hydrogens (tertiary/aromatic N) is 2. The van der Waals surface area contributed by atoms with Gasteiger partial charge in [0.15, 0.2) is 11.5 Å². The molecule has 2 amide bonds. The summed E-state index contributed by atoms with van der Waals surface area (Å²) in [6.45, 7) is 7.07. The average Bonchev–Trinajstić information content (AvgIpc) is 3.64. The third-order valence-electron chi connectivity index (χ3n) is 10.6. The van der Waals surface area contributed by atoms with Crippen molar-refractivity contribution in [3.05, 3.63) is 95.6 Å². The van der Waals surface area contributed by atoms with Crippen molar-refractivity contribution < 1.29 is 32.2 Å². The Hall–Kier alpha value is -4.49. The number of hydrogen-bond acceptors (Lipinski definition) is 9. The van der Waals surface area contributed by atoms with Gasteiger partial charge in [-0.2, -0.15) is 0 Å². The molecule has 4 atom stereocenters. The summed E-state index contributed by atoms with van der Waals surface area (Å²) in [5, 5.41) is 4.66. The second-order valence-electron chi connectivity index (χ2n) is 14.0. The van der Waals surface area contributed by atoms with Crippen LogP contribution in [-0.4, -0.2) is 82.2 Å². The Balaban J connectivity index is 1.20. The fourth-order valence-electron chi connectivity index (χ4n) is 7.37. The lowest BCUT2D eigenvalue weighted by Gasteiger charge is -2.39. The number of amides is 2. The van der Waals surface area contributed by atoms with Crippen LogP contribution < -0.4 is 24.2 Å². The van der Waals surface area contributed by atoms with Crippen molar-refractivity contribution in [2.75, 3.05) is 34.0 Å². The summed E-state index contributed by atoms with van der Waals surface area (Å²) in [4.78, 5) is 32.3. The SMILES string of the molecule is CCN(C(=O)[C@@H](CNS(=O)(=O)c1ccc2cc(OC)ccc2c1)c1ccc2c(c1)OCO2)C(=O)[C@@H](Cc1ccc(CN2[C@H](C)CCC[C@@H]2C)cc1)NC. The van der Waals surface area contributed by atoms with Gasteiger partial charge < -0.3 is 19.5 Å². The molecule has 0 spiro atoms. The summed E-state index contributed by atoms with van der Waals surface area (Å²) in [6.07, 6.45) is 4.07. The zero-order valence-electron chi connectivity index (χ0n) is 31.1. The van der Waals surface area contributed by atoms with E-state index < -0.39 is 33.8 Å². The van der Waals surface area contributed by atoms with E-state index in [1.165, 1.54) is 35.8 Å². The lowest BCUT2D eigenvalue weighted by molar-refractivity contribution is -0.146. The number of carbonyl (C=O) groups is 2. The molecule has 2 aliphatic rings. The van der Waals surface area contributed by atoms with Crippen LogP contribution >= 0.6 is 0 Å². The standard InChI is InChI=1S/C41H50N4O7S/c1-6-44(41(47)37(42-4)20-29-10-12-30(13-11-29)25-45-27(2)8-7-9-28(45)3)40(46)36(33-16-19-38-39(23-33)52-26-51-38)24-43-53(48,49)35-18-15-31-21-34(50-5)17-14-32(31)22-35/h10-19,21-23,27-28,36-37,42-43H,6-9,20,24-26H2,1-5H3/t27-,28+,36-,37+/m0/s1. The highest BCUT2D eigenvalue weighted by molar-refractivity contribution is 7.89. The number of likely N-dealkylation sites (tertiary alicyclic amines) is 1. The van der Waals surface area contributed by atoms with E-state index in [1.54, 1.807) is 63.5 Å². The number of nitrogens with one attached hydrogen (secondary N) is 2. The molecule has 0 unspecified atom stereocenters. The van der Waals surface area contributed by atoms with Gasteiger partial charge in [-0.3, -0.25) is 19.4 Å². The smallest absolute Gasteiger partial charge is 0.246 e. The molecule has 2 N–H and O–H groups in total. The van der Waals surface area contributed by atoms with E-state index in [2.05, 4.69) is 53.1 Å². The highest BCUT2D eigenvalue weighted by Crippen LogP contribution is 2.35. The normalized spacial score (nSPS) is 18.4. The molecule has 282 valence electrons. The van der Waals surface area contributed by atoms with Crippen molar-refractivity contribution in [1.82, 2.24) is 19.8 Å². The molecule has 1 fully saturated rings. The van der Waals surface area contributed by atoms with E-state index in [-0.39, 0.29) is 24.8 Å². The van der Waals surface area contributed by atoms with Gasteiger partial charge in [-0.25, -0.2) is 13.1 Å². The predicted octanol–water partition coefficient (Wildman–Crippen LogP) is 5.61. The molecular weight excluding hydrogens is 693 g/mol. The molecule has 4 aromatic carbocycles. The van der Waals surface area contributed by atoms with Crippen molar-refractivity contribution in [3.8, 4) is 17.2 Å². The first kappa shape index (κ1) is 38.2. The van der Waals surface area contributed by atoms with Gasteiger partial charge in [0, 0.05) is 31.7 Å². The van der Waals surface area contributed by atoms with Gasteiger partial charge in [-0.1, -0.05) is 48.9 Å². The molecule has 2 aliphatic heterocycles. The molecule has 4 aromatic rings. The molecular formula is C41H50N4O7S. The van der Waals surface area contributed by atoms with Crippen LogP contribution in [0.3, 0.4) is 0 Å². The lowest BCUT2D eigenvalue weighted by Crippen LogP contribution is -2.51. The quantitative estimate of drug-likeness (QED) is 0.170. The van der Waals surface area contributed by atoms with E-state index in [1.807, 2.05) is 6.07 Å². The number of piperidine rings is 1. The number of sulfonamides is 1. The molecule has 0 aromatic heterocycles. The van der Waals surface area contributed by atoms with Crippen molar-refractivity contribution in [1.29, 1.82) is 0 Å². The largest absolute Gasteiger partial charge is 0.497 e. The van der Waals surface area contributed by atoms with E-state index in [4.69, 9.17) is 14.2 Å². The number of benzene rings is 4. The Kier molecular flexibility index (Phi) is 12.0. The van der Waals surface area contributed by atoms with Crippen molar-refractivity contribution in [3.63, 3.8) is 0 Å².